The first kappa shape index (κ1) is 19.6. The van der Waals surface area contributed by atoms with Gasteiger partial charge in [-0.25, -0.2) is 4.79 Å². The van der Waals surface area contributed by atoms with E-state index in [1.165, 1.54) is 6.92 Å². The molecule has 0 bridgehead atoms. The molecule has 0 saturated carbocycles. The molecule has 0 spiro atoms. The van der Waals surface area contributed by atoms with Gasteiger partial charge in [0, 0.05) is 31.0 Å². The fourth-order valence-corrected chi connectivity index (χ4v) is 2.79. The number of ether oxygens (including phenoxy) is 2. The van der Waals surface area contributed by atoms with Crippen molar-refractivity contribution < 1.29 is 19.1 Å². The summed E-state index contributed by atoms with van der Waals surface area (Å²) in [5.41, 5.74) is 6.82. The van der Waals surface area contributed by atoms with Crippen LogP contribution in [0, 0.1) is 5.92 Å². The van der Waals surface area contributed by atoms with Crippen molar-refractivity contribution >= 4 is 11.9 Å². The van der Waals surface area contributed by atoms with Crippen LogP contribution in [0.25, 0.3) is 0 Å². The van der Waals surface area contributed by atoms with Crippen LogP contribution >= 0.6 is 0 Å². The van der Waals surface area contributed by atoms with E-state index < -0.39 is 0 Å². The summed E-state index contributed by atoms with van der Waals surface area (Å²) >= 11 is 0. The van der Waals surface area contributed by atoms with Crippen LogP contribution in [-0.2, 0) is 19.1 Å². The number of nitrogens with two attached hydrogens (primary N) is 1. The van der Waals surface area contributed by atoms with Crippen LogP contribution in [0.2, 0.25) is 0 Å². The molecular formula is C17H30N2O4. The van der Waals surface area contributed by atoms with Crippen molar-refractivity contribution in [3.05, 3.63) is 11.6 Å². The molecule has 6 heteroatoms. The van der Waals surface area contributed by atoms with Gasteiger partial charge >= 0.3 is 5.97 Å². The van der Waals surface area contributed by atoms with Gasteiger partial charge in [0.1, 0.15) is 0 Å². The Morgan fingerprint density at radius 2 is 2.00 bits per heavy atom. The maximum atomic E-state index is 12.0. The van der Waals surface area contributed by atoms with Gasteiger partial charge in [-0.2, -0.15) is 0 Å². The van der Waals surface area contributed by atoms with E-state index in [9.17, 15) is 9.59 Å². The SMILES string of the molecule is CCOC(=O)C1=C[C@@H](OC(CC)CC)[C@H](CNC(C)=O)[C@@H](N)C1. The lowest BCUT2D eigenvalue weighted by atomic mass is 9.82. The van der Waals surface area contributed by atoms with Crippen molar-refractivity contribution in [1.82, 2.24) is 5.32 Å². The third-order valence-corrected chi connectivity index (χ3v) is 4.18. The van der Waals surface area contributed by atoms with E-state index >= 15 is 0 Å². The molecule has 23 heavy (non-hydrogen) atoms. The zero-order chi connectivity index (χ0) is 17.4. The number of amides is 1. The Morgan fingerprint density at radius 3 is 2.52 bits per heavy atom. The number of carbonyl (C=O) groups excluding carboxylic acids is 2. The van der Waals surface area contributed by atoms with E-state index in [1.54, 1.807) is 6.92 Å². The predicted octanol–water partition coefficient (Wildman–Crippen LogP) is 1.53. The van der Waals surface area contributed by atoms with Crippen LogP contribution in [0.1, 0.15) is 47.0 Å². The lowest BCUT2D eigenvalue weighted by Crippen LogP contribution is -2.49. The Balaban J connectivity index is 2.94. The van der Waals surface area contributed by atoms with E-state index in [1.807, 2.05) is 6.08 Å². The number of nitrogens with one attached hydrogen (secondary N) is 1. The predicted molar refractivity (Wildman–Crippen MR) is 88.7 cm³/mol. The highest BCUT2D eigenvalue weighted by molar-refractivity contribution is 5.89. The summed E-state index contributed by atoms with van der Waals surface area (Å²) in [5, 5.41) is 2.81. The zero-order valence-electron chi connectivity index (χ0n) is 14.6. The summed E-state index contributed by atoms with van der Waals surface area (Å²) in [6, 6.07) is -0.259. The molecule has 0 aliphatic heterocycles. The fourth-order valence-electron chi connectivity index (χ4n) is 2.79. The molecule has 3 N–H and O–H groups in total. The molecule has 1 rings (SSSR count). The van der Waals surface area contributed by atoms with Gasteiger partial charge in [-0.3, -0.25) is 4.79 Å². The monoisotopic (exact) mass is 326 g/mol. The number of rotatable bonds is 8. The first-order valence-corrected chi connectivity index (χ1v) is 8.46. The van der Waals surface area contributed by atoms with Crippen LogP contribution < -0.4 is 11.1 Å². The highest BCUT2D eigenvalue weighted by Crippen LogP contribution is 2.28. The summed E-state index contributed by atoms with van der Waals surface area (Å²) in [5.74, 6) is -0.490. The van der Waals surface area contributed by atoms with Gasteiger partial charge in [-0.05, 0) is 32.3 Å². The summed E-state index contributed by atoms with van der Waals surface area (Å²) in [6.07, 6.45) is 3.84. The van der Waals surface area contributed by atoms with Gasteiger partial charge in [0.2, 0.25) is 5.91 Å². The number of esters is 1. The lowest BCUT2D eigenvalue weighted by Gasteiger charge is -2.36. The largest absolute Gasteiger partial charge is 0.463 e. The average Bonchev–Trinajstić information content (AvgIpc) is 2.51. The minimum Gasteiger partial charge on any atom is -0.463 e. The van der Waals surface area contributed by atoms with Crippen LogP contribution in [0.5, 0.6) is 0 Å². The van der Waals surface area contributed by atoms with E-state index in [0.29, 0.717) is 25.1 Å². The zero-order valence-corrected chi connectivity index (χ0v) is 14.6. The lowest BCUT2D eigenvalue weighted by molar-refractivity contribution is -0.139. The first-order valence-electron chi connectivity index (χ1n) is 8.46. The Morgan fingerprint density at radius 1 is 1.35 bits per heavy atom. The van der Waals surface area contributed by atoms with Gasteiger partial charge in [0.25, 0.3) is 0 Å². The van der Waals surface area contributed by atoms with Crippen molar-refractivity contribution in [3.8, 4) is 0 Å². The number of hydrogen-bond donors (Lipinski definition) is 2. The Bertz CT molecular complexity index is 432. The molecule has 132 valence electrons. The molecule has 0 aromatic rings. The quantitative estimate of drug-likeness (QED) is 0.660. The van der Waals surface area contributed by atoms with Crippen molar-refractivity contribution in [1.29, 1.82) is 0 Å². The van der Waals surface area contributed by atoms with Gasteiger partial charge in [-0.1, -0.05) is 13.8 Å². The van der Waals surface area contributed by atoms with Crippen LogP contribution in [-0.4, -0.2) is 43.3 Å². The topological polar surface area (TPSA) is 90.6 Å². The van der Waals surface area contributed by atoms with Crippen LogP contribution in [0.15, 0.2) is 11.6 Å². The molecule has 0 aromatic carbocycles. The van der Waals surface area contributed by atoms with Crippen molar-refractivity contribution in [3.63, 3.8) is 0 Å². The minimum absolute atomic E-state index is 0.0577. The molecule has 0 aromatic heterocycles. The number of hydrogen-bond acceptors (Lipinski definition) is 5. The molecule has 0 radical (unpaired) electrons. The number of carbonyl (C=O) groups is 2. The van der Waals surface area contributed by atoms with E-state index in [2.05, 4.69) is 19.2 Å². The third-order valence-electron chi connectivity index (χ3n) is 4.18. The summed E-state index contributed by atoms with van der Waals surface area (Å²) in [6.45, 7) is 8.15. The Hall–Kier alpha value is -1.40. The summed E-state index contributed by atoms with van der Waals surface area (Å²) in [4.78, 5) is 23.2. The van der Waals surface area contributed by atoms with Crippen molar-refractivity contribution in [2.75, 3.05) is 13.2 Å². The maximum Gasteiger partial charge on any atom is 0.333 e. The molecule has 1 amide bonds. The highest BCUT2D eigenvalue weighted by Gasteiger charge is 2.35. The minimum atomic E-state index is -0.334. The van der Waals surface area contributed by atoms with Crippen molar-refractivity contribution in [2.45, 2.75) is 65.2 Å². The first-order chi connectivity index (χ1) is 10.9. The standard InChI is InChI=1S/C17H30N2O4/c1-5-13(6-2)23-16-9-12(17(21)22-7-3)8-15(18)14(16)10-19-11(4)20/h9,13-16H,5-8,10,18H2,1-4H3,(H,19,20)/t14-,15+,16-/m1/s1. The molecule has 0 heterocycles. The van der Waals surface area contributed by atoms with Crippen molar-refractivity contribution in [2.24, 2.45) is 11.7 Å². The highest BCUT2D eigenvalue weighted by atomic mass is 16.5. The van der Waals surface area contributed by atoms with Gasteiger partial charge in [-0.15, -0.1) is 0 Å². The third kappa shape index (κ3) is 5.95. The van der Waals surface area contributed by atoms with E-state index in [4.69, 9.17) is 15.2 Å². The Labute approximate surface area is 138 Å². The normalized spacial score (nSPS) is 24.3. The van der Waals surface area contributed by atoms with Crippen LogP contribution in [0.4, 0.5) is 0 Å². The molecule has 1 aliphatic carbocycles. The molecule has 1 aliphatic rings. The van der Waals surface area contributed by atoms with Gasteiger partial charge < -0.3 is 20.5 Å². The van der Waals surface area contributed by atoms with Crippen LogP contribution in [0.3, 0.4) is 0 Å². The van der Waals surface area contributed by atoms with E-state index in [-0.39, 0.29) is 36.0 Å². The second-order valence-electron chi connectivity index (χ2n) is 5.92. The van der Waals surface area contributed by atoms with Gasteiger partial charge in [0.05, 0.1) is 18.8 Å². The summed E-state index contributed by atoms with van der Waals surface area (Å²) < 4.78 is 11.2. The smallest absolute Gasteiger partial charge is 0.333 e. The molecule has 0 unspecified atom stereocenters. The second-order valence-corrected chi connectivity index (χ2v) is 5.92. The average molecular weight is 326 g/mol. The molecule has 0 fully saturated rings. The second kappa shape index (κ2) is 9.67. The van der Waals surface area contributed by atoms with Gasteiger partial charge in [0.15, 0.2) is 0 Å². The summed E-state index contributed by atoms with van der Waals surface area (Å²) in [7, 11) is 0. The van der Waals surface area contributed by atoms with E-state index in [0.717, 1.165) is 12.8 Å². The molecule has 6 nitrogen and oxygen atoms in total. The fraction of sp³-hybridized carbons (Fsp3) is 0.765. The molecule has 3 atom stereocenters. The molecular weight excluding hydrogens is 296 g/mol. The molecule has 0 saturated heterocycles. The maximum absolute atomic E-state index is 12.0. The Kier molecular flexibility index (Phi) is 8.26.